The lowest BCUT2D eigenvalue weighted by molar-refractivity contribution is -0.124. The number of ether oxygens (including phenoxy) is 1. The number of carbonyl (C=O) groups excluding carboxylic acids is 1. The first-order valence-corrected chi connectivity index (χ1v) is 5.44. The quantitative estimate of drug-likeness (QED) is 0.686. The second-order valence-corrected chi connectivity index (χ2v) is 4.37. The topological polar surface area (TPSA) is 29.5 Å². The van der Waals surface area contributed by atoms with Crippen LogP contribution in [0.25, 0.3) is 0 Å². The van der Waals surface area contributed by atoms with Crippen molar-refractivity contribution in [3.05, 3.63) is 0 Å². The number of likely N-dealkylation sites (tertiary alicyclic amines) is 1. The van der Waals surface area contributed by atoms with Crippen LogP contribution >= 0.6 is 0 Å². The van der Waals surface area contributed by atoms with E-state index in [1.165, 1.54) is 6.42 Å². The van der Waals surface area contributed by atoms with Crippen molar-refractivity contribution in [2.75, 3.05) is 19.7 Å². The Balaban J connectivity index is 2.29. The number of rotatable bonds is 4. The minimum absolute atomic E-state index is 0.117. The molecule has 1 fully saturated rings. The van der Waals surface area contributed by atoms with Gasteiger partial charge in [0.25, 0.3) is 0 Å². The van der Waals surface area contributed by atoms with Crippen LogP contribution in [-0.2, 0) is 9.53 Å². The number of hydrogen-bond acceptors (Lipinski definition) is 3. The van der Waals surface area contributed by atoms with Gasteiger partial charge in [0.15, 0.2) is 5.78 Å². The normalized spacial score (nSPS) is 24.1. The first-order chi connectivity index (χ1) is 6.59. The van der Waals surface area contributed by atoms with Crippen LogP contribution in [0.2, 0.25) is 0 Å². The fraction of sp³-hybridized carbons (Fsp3) is 0.909. The van der Waals surface area contributed by atoms with Crippen molar-refractivity contribution < 1.29 is 9.53 Å². The van der Waals surface area contributed by atoms with E-state index >= 15 is 0 Å². The van der Waals surface area contributed by atoms with Gasteiger partial charge in [-0.05, 0) is 40.2 Å². The molecule has 14 heavy (non-hydrogen) atoms. The molecule has 1 atom stereocenters. The van der Waals surface area contributed by atoms with Gasteiger partial charge in [-0.2, -0.15) is 0 Å². The van der Waals surface area contributed by atoms with Gasteiger partial charge >= 0.3 is 0 Å². The van der Waals surface area contributed by atoms with E-state index in [9.17, 15) is 4.79 Å². The molecule has 3 nitrogen and oxygen atoms in total. The first kappa shape index (κ1) is 11.7. The molecule has 1 aliphatic heterocycles. The molecule has 0 aromatic carbocycles. The first-order valence-electron chi connectivity index (χ1n) is 5.44. The Hall–Kier alpha value is -0.410. The summed E-state index contributed by atoms with van der Waals surface area (Å²) in [6, 6.07) is 0.582. The van der Waals surface area contributed by atoms with Crippen molar-refractivity contribution in [2.24, 2.45) is 0 Å². The molecule has 0 radical (unpaired) electrons. The molecular weight excluding hydrogens is 178 g/mol. The molecule has 0 amide bonds. The summed E-state index contributed by atoms with van der Waals surface area (Å²) in [5, 5.41) is 0. The van der Waals surface area contributed by atoms with Crippen molar-refractivity contribution in [1.29, 1.82) is 0 Å². The molecule has 0 N–H and O–H groups in total. The van der Waals surface area contributed by atoms with E-state index in [1.807, 2.05) is 0 Å². The van der Waals surface area contributed by atoms with Crippen LogP contribution in [0.3, 0.4) is 0 Å². The summed E-state index contributed by atoms with van der Waals surface area (Å²) in [5.41, 5.74) is 0. The average molecular weight is 199 g/mol. The highest BCUT2D eigenvalue weighted by atomic mass is 16.5. The summed E-state index contributed by atoms with van der Waals surface area (Å²) in [4.78, 5) is 13.2. The molecule has 1 rings (SSSR count). The van der Waals surface area contributed by atoms with Gasteiger partial charge in [-0.1, -0.05) is 0 Å². The molecule has 3 heteroatoms. The summed E-state index contributed by atoms with van der Waals surface area (Å²) in [6.07, 6.45) is 2.53. The third kappa shape index (κ3) is 3.76. The van der Waals surface area contributed by atoms with Gasteiger partial charge in [-0.25, -0.2) is 0 Å². The standard InChI is InChI=1S/C11H21NO2/c1-9(2)12-6-4-5-11(7-12)14-8-10(3)13/h9,11H,4-8H2,1-3H3. The lowest BCUT2D eigenvalue weighted by atomic mass is 10.1. The molecule has 0 aromatic rings. The van der Waals surface area contributed by atoms with Crippen LogP contribution in [0.4, 0.5) is 0 Å². The van der Waals surface area contributed by atoms with Crippen LogP contribution in [0.1, 0.15) is 33.6 Å². The van der Waals surface area contributed by atoms with Crippen LogP contribution < -0.4 is 0 Å². The monoisotopic (exact) mass is 199 g/mol. The largest absolute Gasteiger partial charge is 0.369 e. The molecule has 1 aliphatic rings. The number of ketones is 1. The maximum atomic E-state index is 10.8. The van der Waals surface area contributed by atoms with Gasteiger partial charge < -0.3 is 4.74 Å². The van der Waals surface area contributed by atoms with Crippen LogP contribution in [0.15, 0.2) is 0 Å². The Bertz CT molecular complexity index is 192. The van der Waals surface area contributed by atoms with Crippen molar-refractivity contribution in [3.63, 3.8) is 0 Å². The molecule has 0 spiro atoms. The van der Waals surface area contributed by atoms with E-state index in [0.717, 1.165) is 19.5 Å². The summed E-state index contributed by atoms with van der Waals surface area (Å²) < 4.78 is 5.53. The summed E-state index contributed by atoms with van der Waals surface area (Å²) in [5.74, 6) is 0.117. The smallest absolute Gasteiger partial charge is 0.155 e. The van der Waals surface area contributed by atoms with Gasteiger partial charge in [0.05, 0.1) is 6.10 Å². The van der Waals surface area contributed by atoms with Crippen molar-refractivity contribution >= 4 is 5.78 Å². The van der Waals surface area contributed by atoms with Gasteiger partial charge in [-0.15, -0.1) is 0 Å². The van der Waals surface area contributed by atoms with E-state index in [4.69, 9.17) is 4.74 Å². The zero-order valence-corrected chi connectivity index (χ0v) is 9.45. The van der Waals surface area contributed by atoms with Crippen LogP contribution in [0.5, 0.6) is 0 Å². The Labute approximate surface area is 86.4 Å². The molecule has 1 heterocycles. The Morgan fingerprint density at radius 1 is 1.57 bits per heavy atom. The predicted octanol–water partition coefficient (Wildman–Crippen LogP) is 1.46. The zero-order valence-electron chi connectivity index (χ0n) is 9.45. The van der Waals surface area contributed by atoms with Crippen LogP contribution in [-0.4, -0.2) is 42.5 Å². The molecule has 0 saturated carbocycles. The molecule has 1 unspecified atom stereocenters. The summed E-state index contributed by atoms with van der Waals surface area (Å²) >= 11 is 0. The van der Waals surface area contributed by atoms with E-state index < -0.39 is 0 Å². The molecule has 0 aliphatic carbocycles. The SMILES string of the molecule is CC(=O)COC1CCCN(C(C)C)C1. The van der Waals surface area contributed by atoms with E-state index in [0.29, 0.717) is 6.04 Å². The van der Waals surface area contributed by atoms with Crippen molar-refractivity contribution in [2.45, 2.75) is 45.8 Å². The number of carbonyl (C=O) groups is 1. The molecule has 0 bridgehead atoms. The maximum absolute atomic E-state index is 10.8. The zero-order chi connectivity index (χ0) is 10.6. The minimum atomic E-state index is 0.117. The number of hydrogen-bond donors (Lipinski definition) is 0. The third-order valence-electron chi connectivity index (χ3n) is 2.66. The second-order valence-electron chi connectivity index (χ2n) is 4.37. The predicted molar refractivity (Wildman–Crippen MR) is 56.4 cm³/mol. The van der Waals surface area contributed by atoms with Gasteiger partial charge in [0, 0.05) is 12.6 Å². The van der Waals surface area contributed by atoms with E-state index in [2.05, 4.69) is 18.7 Å². The van der Waals surface area contributed by atoms with E-state index in [1.54, 1.807) is 6.92 Å². The molecular formula is C11H21NO2. The van der Waals surface area contributed by atoms with Gasteiger partial charge in [0.2, 0.25) is 0 Å². The van der Waals surface area contributed by atoms with Crippen molar-refractivity contribution in [1.82, 2.24) is 4.90 Å². The summed E-state index contributed by atoms with van der Waals surface area (Å²) in [6.45, 7) is 8.39. The fourth-order valence-corrected chi connectivity index (χ4v) is 1.81. The maximum Gasteiger partial charge on any atom is 0.155 e. The molecule has 0 aromatic heterocycles. The Morgan fingerprint density at radius 3 is 2.86 bits per heavy atom. The van der Waals surface area contributed by atoms with E-state index in [-0.39, 0.29) is 18.5 Å². The van der Waals surface area contributed by atoms with Gasteiger partial charge in [-0.3, -0.25) is 9.69 Å². The lowest BCUT2D eigenvalue weighted by Gasteiger charge is -2.35. The molecule has 82 valence electrons. The summed E-state index contributed by atoms with van der Waals surface area (Å²) in [7, 11) is 0. The number of Topliss-reactive ketones (excluding diaryl/α,β-unsaturated/α-hetero) is 1. The fourth-order valence-electron chi connectivity index (χ4n) is 1.81. The highest BCUT2D eigenvalue weighted by Crippen LogP contribution is 2.15. The lowest BCUT2D eigenvalue weighted by Crippen LogP contribution is -2.43. The number of piperidine rings is 1. The highest BCUT2D eigenvalue weighted by molar-refractivity contribution is 5.76. The Kier molecular flexibility index (Phi) is 4.55. The Morgan fingerprint density at radius 2 is 2.29 bits per heavy atom. The minimum Gasteiger partial charge on any atom is -0.369 e. The number of nitrogens with zero attached hydrogens (tertiary/aromatic N) is 1. The highest BCUT2D eigenvalue weighted by Gasteiger charge is 2.22. The van der Waals surface area contributed by atoms with Crippen molar-refractivity contribution in [3.8, 4) is 0 Å². The second kappa shape index (κ2) is 5.47. The third-order valence-corrected chi connectivity index (χ3v) is 2.66. The van der Waals surface area contributed by atoms with Crippen LogP contribution in [0, 0.1) is 0 Å². The average Bonchev–Trinajstić information content (AvgIpc) is 2.15. The van der Waals surface area contributed by atoms with Gasteiger partial charge in [0.1, 0.15) is 6.61 Å². The molecule has 1 saturated heterocycles.